The summed E-state index contributed by atoms with van der Waals surface area (Å²) in [6, 6.07) is 5.24. The minimum Gasteiger partial charge on any atom is -0.493 e. The number of methoxy groups -OCH3 is 2. The fourth-order valence-corrected chi connectivity index (χ4v) is 6.58. The van der Waals surface area contributed by atoms with Gasteiger partial charge >= 0.3 is 0 Å². The van der Waals surface area contributed by atoms with E-state index in [1.807, 2.05) is 0 Å². The molecule has 0 aliphatic heterocycles. The molecule has 5 rings (SSSR count). The SMILES string of the molecule is COc1cccc(OC)c1OCC(O)CNC(=O)CNC(=O)CC12CC3CC(CC(C3)C1)C2. The van der Waals surface area contributed by atoms with Gasteiger partial charge in [-0.2, -0.15) is 0 Å². The van der Waals surface area contributed by atoms with Crippen molar-refractivity contribution in [1.82, 2.24) is 10.6 Å². The standard InChI is InChI=1S/C25H36N2O6/c1-31-20-4-3-5-21(32-2)24(20)33-15-19(28)13-26-23(30)14-27-22(29)12-25-9-16-6-17(10-25)8-18(7-16)11-25/h3-5,16-19,28H,6-15H2,1-2H3,(H,26,30)(H,27,29). The molecule has 1 aromatic carbocycles. The molecule has 3 N–H and O–H groups in total. The number of rotatable bonds is 11. The summed E-state index contributed by atoms with van der Waals surface area (Å²) in [6.07, 6.45) is 7.15. The molecule has 4 saturated carbocycles. The number of para-hydroxylation sites is 1. The maximum absolute atomic E-state index is 12.6. The summed E-state index contributed by atoms with van der Waals surface area (Å²) in [4.78, 5) is 24.7. The molecular weight excluding hydrogens is 424 g/mol. The number of hydrogen-bond donors (Lipinski definition) is 3. The molecule has 8 heteroatoms. The lowest BCUT2D eigenvalue weighted by Gasteiger charge is -2.56. The number of hydrogen-bond acceptors (Lipinski definition) is 6. The zero-order chi connectivity index (χ0) is 23.4. The zero-order valence-electron chi connectivity index (χ0n) is 19.6. The van der Waals surface area contributed by atoms with Crippen LogP contribution < -0.4 is 24.8 Å². The summed E-state index contributed by atoms with van der Waals surface area (Å²) in [5.74, 6) is 3.40. The molecule has 1 aromatic rings. The van der Waals surface area contributed by atoms with Crippen molar-refractivity contribution in [1.29, 1.82) is 0 Å². The first-order chi connectivity index (χ1) is 15.9. The van der Waals surface area contributed by atoms with Gasteiger partial charge in [0.1, 0.15) is 12.7 Å². The Hall–Kier alpha value is -2.48. The third kappa shape index (κ3) is 5.72. The van der Waals surface area contributed by atoms with E-state index in [-0.39, 0.29) is 36.9 Å². The molecule has 4 fully saturated rings. The van der Waals surface area contributed by atoms with Crippen LogP contribution in [0, 0.1) is 23.2 Å². The quantitative estimate of drug-likeness (QED) is 0.468. The highest BCUT2D eigenvalue weighted by molar-refractivity contribution is 5.85. The molecule has 1 unspecified atom stereocenters. The molecule has 0 saturated heterocycles. The van der Waals surface area contributed by atoms with E-state index >= 15 is 0 Å². The molecular formula is C25H36N2O6. The lowest BCUT2D eigenvalue weighted by molar-refractivity contribution is -0.132. The van der Waals surface area contributed by atoms with Gasteiger partial charge in [-0.05, 0) is 73.8 Å². The molecule has 0 spiro atoms. The predicted molar refractivity (Wildman–Crippen MR) is 122 cm³/mol. The van der Waals surface area contributed by atoms with Crippen LogP contribution in [0.25, 0.3) is 0 Å². The Labute approximate surface area is 195 Å². The summed E-state index contributed by atoms with van der Waals surface area (Å²) in [5.41, 5.74) is 0.155. The number of amides is 2. The number of aliphatic hydroxyl groups is 1. The van der Waals surface area contributed by atoms with E-state index in [1.54, 1.807) is 18.2 Å². The predicted octanol–water partition coefficient (Wildman–Crippen LogP) is 2.28. The largest absolute Gasteiger partial charge is 0.493 e. The number of carbonyl (C=O) groups is 2. The summed E-state index contributed by atoms with van der Waals surface area (Å²) in [6.45, 7) is -0.115. The van der Waals surface area contributed by atoms with Crippen molar-refractivity contribution in [3.63, 3.8) is 0 Å². The average molecular weight is 461 g/mol. The summed E-state index contributed by atoms with van der Waals surface area (Å²) in [7, 11) is 3.05. The first-order valence-electron chi connectivity index (χ1n) is 11.9. The Morgan fingerprint density at radius 1 is 1.00 bits per heavy atom. The highest BCUT2D eigenvalue weighted by atomic mass is 16.5. The molecule has 2 amide bonds. The van der Waals surface area contributed by atoms with Gasteiger partial charge in [0.15, 0.2) is 11.5 Å². The van der Waals surface area contributed by atoms with Gasteiger partial charge < -0.3 is 30.0 Å². The van der Waals surface area contributed by atoms with Gasteiger partial charge in [0.2, 0.25) is 17.6 Å². The molecule has 4 aliphatic carbocycles. The van der Waals surface area contributed by atoms with Gasteiger partial charge in [-0.1, -0.05) is 6.07 Å². The van der Waals surface area contributed by atoms with Crippen LogP contribution in [0.2, 0.25) is 0 Å². The molecule has 4 aliphatic rings. The average Bonchev–Trinajstić information content (AvgIpc) is 2.78. The Morgan fingerprint density at radius 2 is 1.58 bits per heavy atom. The van der Waals surface area contributed by atoms with Crippen LogP contribution in [0.5, 0.6) is 17.2 Å². The van der Waals surface area contributed by atoms with Crippen LogP contribution in [0.4, 0.5) is 0 Å². The first kappa shape index (κ1) is 23.7. The monoisotopic (exact) mass is 460 g/mol. The van der Waals surface area contributed by atoms with Gasteiger partial charge in [-0.15, -0.1) is 0 Å². The molecule has 1 atom stereocenters. The van der Waals surface area contributed by atoms with E-state index in [2.05, 4.69) is 10.6 Å². The minimum atomic E-state index is -0.925. The molecule has 4 bridgehead atoms. The Morgan fingerprint density at radius 3 is 2.12 bits per heavy atom. The number of aliphatic hydroxyl groups excluding tert-OH is 1. The third-order valence-electron chi connectivity index (χ3n) is 7.48. The summed E-state index contributed by atoms with van der Waals surface area (Å²) in [5, 5.41) is 15.6. The van der Waals surface area contributed by atoms with Crippen LogP contribution in [0.1, 0.15) is 44.9 Å². The van der Waals surface area contributed by atoms with Crippen molar-refractivity contribution < 1.29 is 28.9 Å². The lowest BCUT2D eigenvalue weighted by atomic mass is 9.49. The zero-order valence-corrected chi connectivity index (χ0v) is 19.6. The van der Waals surface area contributed by atoms with Crippen LogP contribution in [-0.4, -0.2) is 56.9 Å². The fraction of sp³-hybridized carbons (Fsp3) is 0.680. The van der Waals surface area contributed by atoms with Crippen LogP contribution in [-0.2, 0) is 9.59 Å². The number of carbonyl (C=O) groups excluding carboxylic acids is 2. The van der Waals surface area contributed by atoms with Gasteiger partial charge in [0.25, 0.3) is 0 Å². The van der Waals surface area contributed by atoms with E-state index in [1.165, 1.54) is 52.7 Å². The van der Waals surface area contributed by atoms with Crippen molar-refractivity contribution >= 4 is 11.8 Å². The minimum absolute atomic E-state index is 0.0150. The van der Waals surface area contributed by atoms with Gasteiger partial charge in [-0.25, -0.2) is 0 Å². The van der Waals surface area contributed by atoms with E-state index < -0.39 is 6.10 Å². The highest BCUT2D eigenvalue weighted by Gasteiger charge is 2.51. The highest BCUT2D eigenvalue weighted by Crippen LogP contribution is 2.61. The topological polar surface area (TPSA) is 106 Å². The Balaban J connectivity index is 1.16. The van der Waals surface area contributed by atoms with Gasteiger partial charge in [0, 0.05) is 13.0 Å². The van der Waals surface area contributed by atoms with Crippen molar-refractivity contribution in [2.75, 3.05) is 33.9 Å². The van der Waals surface area contributed by atoms with E-state index in [0.29, 0.717) is 23.7 Å². The second kappa shape index (κ2) is 10.2. The van der Waals surface area contributed by atoms with E-state index in [0.717, 1.165) is 17.8 Å². The normalized spacial score (nSPS) is 28.2. The maximum Gasteiger partial charge on any atom is 0.239 e. The van der Waals surface area contributed by atoms with Crippen molar-refractivity contribution in [2.45, 2.75) is 51.0 Å². The van der Waals surface area contributed by atoms with E-state index in [9.17, 15) is 14.7 Å². The van der Waals surface area contributed by atoms with Gasteiger partial charge in [0.05, 0.1) is 20.8 Å². The van der Waals surface area contributed by atoms with Crippen molar-refractivity contribution in [2.24, 2.45) is 23.2 Å². The van der Waals surface area contributed by atoms with Crippen molar-refractivity contribution in [3.05, 3.63) is 18.2 Å². The second-order valence-corrected chi connectivity index (χ2v) is 10.1. The Kier molecular flexibility index (Phi) is 7.32. The number of ether oxygens (including phenoxy) is 3. The fourth-order valence-electron chi connectivity index (χ4n) is 6.58. The van der Waals surface area contributed by atoms with Crippen LogP contribution in [0.15, 0.2) is 18.2 Å². The lowest BCUT2D eigenvalue weighted by Crippen LogP contribution is -2.48. The third-order valence-corrected chi connectivity index (χ3v) is 7.48. The summed E-state index contributed by atoms with van der Waals surface area (Å²) < 4.78 is 16.2. The van der Waals surface area contributed by atoms with Crippen molar-refractivity contribution in [3.8, 4) is 17.2 Å². The first-order valence-corrected chi connectivity index (χ1v) is 11.9. The maximum atomic E-state index is 12.6. The van der Waals surface area contributed by atoms with Gasteiger partial charge in [-0.3, -0.25) is 9.59 Å². The molecule has 182 valence electrons. The summed E-state index contributed by atoms with van der Waals surface area (Å²) >= 11 is 0. The Bertz CT molecular complexity index is 800. The van der Waals surface area contributed by atoms with E-state index in [4.69, 9.17) is 14.2 Å². The molecule has 0 heterocycles. The number of benzene rings is 1. The van der Waals surface area contributed by atoms with Crippen LogP contribution in [0.3, 0.4) is 0 Å². The smallest absolute Gasteiger partial charge is 0.239 e. The molecule has 0 radical (unpaired) electrons. The molecule has 0 aromatic heterocycles. The number of nitrogens with one attached hydrogen (secondary N) is 2. The molecule has 8 nitrogen and oxygen atoms in total. The van der Waals surface area contributed by atoms with Crippen LogP contribution >= 0.6 is 0 Å². The second-order valence-electron chi connectivity index (χ2n) is 10.1. The molecule has 33 heavy (non-hydrogen) atoms.